The van der Waals surface area contributed by atoms with Crippen molar-refractivity contribution >= 4 is 10.0 Å². The van der Waals surface area contributed by atoms with Gasteiger partial charge in [0.05, 0.1) is 11.9 Å². The first-order valence-electron chi connectivity index (χ1n) is 4.29. The average molecular weight is 208 g/mol. The molecule has 13 heavy (non-hydrogen) atoms. The summed E-state index contributed by atoms with van der Waals surface area (Å²) < 4.78 is 21.3. The van der Waals surface area contributed by atoms with Crippen molar-refractivity contribution in [2.75, 3.05) is 25.4 Å². The minimum absolute atomic E-state index is 0.0353. The fraction of sp³-hybridized carbons (Fsp3) is 1.00. The molecule has 2 unspecified atom stereocenters. The number of aliphatic hydroxyl groups is 1. The molecule has 0 aromatic rings. The Hall–Kier alpha value is -0.170. The predicted molar refractivity (Wildman–Crippen MR) is 49.6 cm³/mol. The van der Waals surface area contributed by atoms with E-state index >= 15 is 0 Å². The van der Waals surface area contributed by atoms with Gasteiger partial charge in [0, 0.05) is 19.6 Å². The molecule has 78 valence electrons. The van der Waals surface area contributed by atoms with Crippen molar-refractivity contribution in [1.82, 2.24) is 4.90 Å². The minimum atomic E-state index is -3.37. The van der Waals surface area contributed by atoms with Crippen LogP contribution in [0.15, 0.2) is 0 Å². The lowest BCUT2D eigenvalue weighted by Gasteiger charge is -2.13. The Morgan fingerprint density at radius 2 is 2.15 bits per heavy atom. The Morgan fingerprint density at radius 3 is 2.54 bits per heavy atom. The van der Waals surface area contributed by atoms with E-state index in [-0.39, 0.29) is 17.8 Å². The molecular formula is C7H16N2O3S. The largest absolute Gasteiger partial charge is 0.391 e. The van der Waals surface area contributed by atoms with Crippen molar-refractivity contribution in [2.45, 2.75) is 13.0 Å². The van der Waals surface area contributed by atoms with Gasteiger partial charge in [-0.2, -0.15) is 0 Å². The number of aliphatic hydroxyl groups excluding tert-OH is 1. The van der Waals surface area contributed by atoms with Gasteiger partial charge in [0.25, 0.3) is 0 Å². The third-order valence-electron chi connectivity index (χ3n) is 2.34. The summed E-state index contributed by atoms with van der Waals surface area (Å²) in [4.78, 5) is 1.92. The van der Waals surface area contributed by atoms with Crippen LogP contribution in [0.4, 0.5) is 0 Å². The van der Waals surface area contributed by atoms with Gasteiger partial charge in [0.2, 0.25) is 10.0 Å². The van der Waals surface area contributed by atoms with Gasteiger partial charge < -0.3 is 5.11 Å². The summed E-state index contributed by atoms with van der Waals surface area (Å²) in [5.41, 5.74) is 0. The number of nitrogens with two attached hydrogens (primary N) is 1. The van der Waals surface area contributed by atoms with Crippen LogP contribution in [0.5, 0.6) is 0 Å². The van der Waals surface area contributed by atoms with E-state index in [0.29, 0.717) is 13.1 Å². The number of hydrogen-bond acceptors (Lipinski definition) is 4. The molecule has 1 saturated heterocycles. The molecule has 1 aliphatic heterocycles. The number of hydrogen-bond donors (Lipinski definition) is 2. The van der Waals surface area contributed by atoms with E-state index in [1.54, 1.807) is 0 Å². The highest BCUT2D eigenvalue weighted by Crippen LogP contribution is 2.15. The summed E-state index contributed by atoms with van der Waals surface area (Å²) in [6, 6.07) is 0. The fourth-order valence-corrected chi connectivity index (χ4v) is 2.00. The van der Waals surface area contributed by atoms with Crippen LogP contribution in [0.2, 0.25) is 0 Å². The van der Waals surface area contributed by atoms with Crippen LogP contribution in [0.3, 0.4) is 0 Å². The normalized spacial score (nSPS) is 31.0. The lowest BCUT2D eigenvalue weighted by molar-refractivity contribution is 0.149. The first kappa shape index (κ1) is 10.9. The molecule has 1 heterocycles. The quantitative estimate of drug-likeness (QED) is 0.596. The molecular weight excluding hydrogens is 192 g/mol. The van der Waals surface area contributed by atoms with Crippen molar-refractivity contribution in [2.24, 2.45) is 11.1 Å². The maximum Gasteiger partial charge on any atom is 0.210 e. The molecule has 6 heteroatoms. The first-order chi connectivity index (χ1) is 5.88. The Labute approximate surface area is 78.6 Å². The standard InChI is InChI=1S/C7H16N2O3S/c1-6-4-9(5-7(6)10)2-3-13(8,11)12/h6-7,10H,2-5H2,1H3,(H2,8,11,12). The zero-order valence-corrected chi connectivity index (χ0v) is 8.50. The number of nitrogens with zero attached hydrogens (tertiary/aromatic N) is 1. The van der Waals surface area contributed by atoms with E-state index in [1.807, 2.05) is 11.8 Å². The second kappa shape index (κ2) is 3.91. The SMILES string of the molecule is CC1CN(CCS(N)(=O)=O)CC1O. The molecule has 3 N–H and O–H groups in total. The Balaban J connectivity index is 2.33. The maximum atomic E-state index is 10.6. The van der Waals surface area contributed by atoms with Gasteiger partial charge >= 0.3 is 0 Å². The third-order valence-corrected chi connectivity index (χ3v) is 3.09. The fourth-order valence-electron chi connectivity index (χ4n) is 1.49. The summed E-state index contributed by atoms with van der Waals surface area (Å²) in [5.74, 6) is 0.187. The van der Waals surface area contributed by atoms with Crippen LogP contribution in [-0.2, 0) is 10.0 Å². The molecule has 0 aliphatic carbocycles. The van der Waals surface area contributed by atoms with E-state index in [9.17, 15) is 13.5 Å². The predicted octanol–water partition coefficient (Wildman–Crippen LogP) is -1.41. The highest BCUT2D eigenvalue weighted by Gasteiger charge is 2.27. The zero-order valence-electron chi connectivity index (χ0n) is 7.68. The monoisotopic (exact) mass is 208 g/mol. The van der Waals surface area contributed by atoms with E-state index in [2.05, 4.69) is 0 Å². The molecule has 1 aliphatic rings. The molecule has 0 bridgehead atoms. The van der Waals surface area contributed by atoms with E-state index in [0.717, 1.165) is 6.54 Å². The molecule has 0 amide bonds. The number of rotatable bonds is 3. The van der Waals surface area contributed by atoms with Gasteiger partial charge in [0.15, 0.2) is 0 Å². The minimum Gasteiger partial charge on any atom is -0.391 e. The number of β-amino-alcohol motifs (C(OH)–C–C–N with tert-alkyl or cyclic N) is 1. The van der Waals surface area contributed by atoms with E-state index in [1.165, 1.54) is 0 Å². The van der Waals surface area contributed by atoms with Crippen LogP contribution >= 0.6 is 0 Å². The molecule has 0 saturated carbocycles. The number of sulfonamides is 1. The molecule has 0 aromatic carbocycles. The highest BCUT2D eigenvalue weighted by molar-refractivity contribution is 7.89. The number of primary sulfonamides is 1. The summed E-state index contributed by atoms with van der Waals surface area (Å²) in [6.07, 6.45) is -0.333. The second-order valence-corrected chi connectivity index (χ2v) is 5.41. The molecule has 5 nitrogen and oxygen atoms in total. The summed E-state index contributed by atoms with van der Waals surface area (Å²) >= 11 is 0. The summed E-state index contributed by atoms with van der Waals surface area (Å²) in [6.45, 7) is 3.66. The molecule has 2 atom stereocenters. The van der Waals surface area contributed by atoms with Crippen molar-refractivity contribution in [1.29, 1.82) is 0 Å². The topological polar surface area (TPSA) is 83.6 Å². The molecule has 0 spiro atoms. The van der Waals surface area contributed by atoms with Crippen molar-refractivity contribution in [3.8, 4) is 0 Å². The lowest BCUT2D eigenvalue weighted by atomic mass is 10.1. The summed E-state index contributed by atoms with van der Waals surface area (Å²) in [7, 11) is -3.37. The van der Waals surface area contributed by atoms with Crippen LogP contribution in [0, 0.1) is 5.92 Å². The van der Waals surface area contributed by atoms with Crippen LogP contribution in [0.1, 0.15) is 6.92 Å². The van der Waals surface area contributed by atoms with Crippen LogP contribution in [0.25, 0.3) is 0 Å². The van der Waals surface area contributed by atoms with Gasteiger partial charge in [-0.15, -0.1) is 0 Å². The molecule has 0 radical (unpaired) electrons. The van der Waals surface area contributed by atoms with Gasteiger partial charge in [-0.3, -0.25) is 4.90 Å². The molecule has 0 aromatic heterocycles. The number of likely N-dealkylation sites (tertiary alicyclic amines) is 1. The Morgan fingerprint density at radius 1 is 1.54 bits per heavy atom. The first-order valence-corrected chi connectivity index (χ1v) is 6.01. The Bertz CT molecular complexity index is 255. The van der Waals surface area contributed by atoms with Gasteiger partial charge in [0.1, 0.15) is 0 Å². The summed E-state index contributed by atoms with van der Waals surface area (Å²) in [5, 5.41) is 14.2. The van der Waals surface area contributed by atoms with Gasteiger partial charge in [-0.1, -0.05) is 6.92 Å². The van der Waals surface area contributed by atoms with Crippen LogP contribution in [-0.4, -0.2) is 49.9 Å². The van der Waals surface area contributed by atoms with Crippen LogP contribution < -0.4 is 5.14 Å². The molecule has 1 rings (SSSR count). The lowest BCUT2D eigenvalue weighted by Crippen LogP contribution is -2.30. The van der Waals surface area contributed by atoms with E-state index < -0.39 is 10.0 Å². The van der Waals surface area contributed by atoms with E-state index in [4.69, 9.17) is 5.14 Å². The van der Waals surface area contributed by atoms with Crippen molar-refractivity contribution in [3.63, 3.8) is 0 Å². The highest BCUT2D eigenvalue weighted by atomic mass is 32.2. The second-order valence-electron chi connectivity index (χ2n) is 3.67. The Kier molecular flexibility index (Phi) is 3.28. The third kappa shape index (κ3) is 3.60. The average Bonchev–Trinajstić information content (AvgIpc) is 2.27. The zero-order chi connectivity index (χ0) is 10.1. The van der Waals surface area contributed by atoms with Crippen molar-refractivity contribution < 1.29 is 13.5 Å². The maximum absolute atomic E-state index is 10.6. The smallest absolute Gasteiger partial charge is 0.210 e. The van der Waals surface area contributed by atoms with Gasteiger partial charge in [-0.05, 0) is 5.92 Å². The van der Waals surface area contributed by atoms with Crippen molar-refractivity contribution in [3.05, 3.63) is 0 Å². The van der Waals surface area contributed by atoms with Gasteiger partial charge in [-0.25, -0.2) is 13.6 Å². The molecule has 1 fully saturated rings.